The third-order valence-electron chi connectivity index (χ3n) is 6.82. The molecule has 4 heterocycles. The first-order valence-corrected chi connectivity index (χ1v) is 13.2. The number of halogens is 5. The number of anilines is 1. The van der Waals surface area contributed by atoms with Crippen LogP contribution in [0, 0.1) is 12.8 Å². The van der Waals surface area contributed by atoms with E-state index in [0.717, 1.165) is 23.6 Å². The van der Waals surface area contributed by atoms with E-state index in [1.807, 2.05) is 0 Å². The summed E-state index contributed by atoms with van der Waals surface area (Å²) in [6, 6.07) is 3.63. The molecule has 0 saturated heterocycles. The Labute approximate surface area is 233 Å². The number of hydrogen-bond donors (Lipinski definition) is 2. The van der Waals surface area contributed by atoms with Crippen molar-refractivity contribution in [1.29, 1.82) is 0 Å². The summed E-state index contributed by atoms with van der Waals surface area (Å²) in [7, 11) is 1.32. The van der Waals surface area contributed by atoms with Crippen LogP contribution in [0.5, 0.6) is 5.75 Å². The van der Waals surface area contributed by atoms with E-state index in [2.05, 4.69) is 25.8 Å². The number of methoxy groups -OCH3 is 1. The van der Waals surface area contributed by atoms with Gasteiger partial charge in [0.05, 0.1) is 25.3 Å². The standard InChI is InChI=1S/C26H23F5N6O3S/c1-11-5-4-6-37(24(11)39)19-9-14(13-8-17(21(27)28)32-10-18(13)40-3)20(12(2)33-19)22(38)34-25-36-35-23(41-25)15-7-16(15)26(29,30)31/h4-6,8-10,12,15-16,21,33H,7H2,1-3H3,(H,34,36,38)/t12?,15?,16-/m0/s1. The fourth-order valence-electron chi connectivity index (χ4n) is 4.64. The molecule has 0 spiro atoms. The maximum absolute atomic E-state index is 13.6. The molecule has 1 aliphatic carbocycles. The second-order valence-corrected chi connectivity index (χ2v) is 10.6. The van der Waals surface area contributed by atoms with Crippen molar-refractivity contribution in [3.63, 3.8) is 0 Å². The molecule has 1 saturated carbocycles. The number of rotatable bonds is 7. The molecule has 216 valence electrons. The van der Waals surface area contributed by atoms with Crippen LogP contribution in [0.4, 0.5) is 27.1 Å². The van der Waals surface area contributed by atoms with Crippen LogP contribution in [0.25, 0.3) is 11.4 Å². The topological polar surface area (TPSA) is 111 Å². The Balaban J connectivity index is 1.58. The third-order valence-corrected chi connectivity index (χ3v) is 7.79. The van der Waals surface area contributed by atoms with Crippen LogP contribution in [0.1, 0.15) is 47.5 Å². The van der Waals surface area contributed by atoms with Gasteiger partial charge in [0.1, 0.15) is 22.3 Å². The first-order valence-electron chi connectivity index (χ1n) is 12.3. The number of amides is 1. The second-order valence-electron chi connectivity index (χ2n) is 9.59. The summed E-state index contributed by atoms with van der Waals surface area (Å²) in [5, 5.41) is 13.5. The van der Waals surface area contributed by atoms with Gasteiger partial charge < -0.3 is 10.1 Å². The summed E-state index contributed by atoms with van der Waals surface area (Å²) in [4.78, 5) is 30.2. The molecule has 1 fully saturated rings. The Kier molecular flexibility index (Phi) is 7.40. The number of nitrogens with zero attached hydrogens (tertiary/aromatic N) is 4. The van der Waals surface area contributed by atoms with Crippen molar-refractivity contribution >= 4 is 33.8 Å². The van der Waals surface area contributed by atoms with Gasteiger partial charge in [0.2, 0.25) is 5.13 Å². The molecule has 5 rings (SSSR count). The van der Waals surface area contributed by atoms with Crippen molar-refractivity contribution in [2.24, 2.45) is 5.92 Å². The van der Waals surface area contributed by atoms with E-state index in [1.165, 1.54) is 23.9 Å². The van der Waals surface area contributed by atoms with Crippen molar-refractivity contribution in [1.82, 2.24) is 25.1 Å². The summed E-state index contributed by atoms with van der Waals surface area (Å²) < 4.78 is 73.0. The first kappa shape index (κ1) is 28.4. The van der Waals surface area contributed by atoms with Gasteiger partial charge in [0.25, 0.3) is 17.9 Å². The van der Waals surface area contributed by atoms with Crippen LogP contribution in [0.3, 0.4) is 0 Å². The summed E-state index contributed by atoms with van der Waals surface area (Å²) in [5.41, 5.74) is -0.0659. The van der Waals surface area contributed by atoms with Crippen LogP contribution in [0.15, 0.2) is 47.0 Å². The molecular weight excluding hydrogens is 571 g/mol. The molecule has 2 N–H and O–H groups in total. The number of carbonyl (C=O) groups excluding carboxylic acids is 1. The van der Waals surface area contributed by atoms with Crippen molar-refractivity contribution < 1.29 is 31.5 Å². The summed E-state index contributed by atoms with van der Waals surface area (Å²) in [6.07, 6.45) is -3.25. The Morgan fingerprint density at radius 3 is 2.71 bits per heavy atom. The van der Waals surface area contributed by atoms with E-state index in [1.54, 1.807) is 26.0 Å². The van der Waals surface area contributed by atoms with E-state index in [0.29, 0.717) is 5.56 Å². The molecule has 15 heteroatoms. The highest BCUT2D eigenvalue weighted by molar-refractivity contribution is 7.15. The third kappa shape index (κ3) is 5.58. The fraction of sp³-hybridized carbons (Fsp3) is 0.346. The van der Waals surface area contributed by atoms with Crippen LogP contribution in [-0.4, -0.2) is 45.0 Å². The van der Waals surface area contributed by atoms with Gasteiger partial charge in [-0.25, -0.2) is 8.78 Å². The SMILES string of the molecule is COc1cnc(C(F)F)cc1C1=C(C(=O)Nc2nnc(C3C[C@@H]3C(F)(F)F)s2)C(C)NC(n2cccc(C)c2=O)=C1. The lowest BCUT2D eigenvalue weighted by atomic mass is 9.91. The van der Waals surface area contributed by atoms with Gasteiger partial charge in [-0.2, -0.15) is 13.2 Å². The Morgan fingerprint density at radius 1 is 1.29 bits per heavy atom. The number of carbonyl (C=O) groups is 1. The maximum atomic E-state index is 13.6. The van der Waals surface area contributed by atoms with E-state index in [-0.39, 0.29) is 50.4 Å². The highest BCUT2D eigenvalue weighted by Gasteiger charge is 2.57. The number of pyridine rings is 2. The molecule has 1 amide bonds. The van der Waals surface area contributed by atoms with Crippen molar-refractivity contribution in [3.05, 3.63) is 74.4 Å². The van der Waals surface area contributed by atoms with Crippen LogP contribution in [-0.2, 0) is 4.79 Å². The molecule has 0 radical (unpaired) electrons. The van der Waals surface area contributed by atoms with Gasteiger partial charge in [-0.15, -0.1) is 10.2 Å². The zero-order valence-electron chi connectivity index (χ0n) is 21.8. The monoisotopic (exact) mass is 594 g/mol. The zero-order chi connectivity index (χ0) is 29.6. The van der Waals surface area contributed by atoms with Gasteiger partial charge in [-0.3, -0.25) is 24.5 Å². The molecule has 0 bridgehead atoms. The molecule has 2 unspecified atom stereocenters. The molecule has 41 heavy (non-hydrogen) atoms. The number of alkyl halides is 5. The van der Waals surface area contributed by atoms with Gasteiger partial charge >= 0.3 is 6.18 Å². The predicted molar refractivity (Wildman–Crippen MR) is 140 cm³/mol. The summed E-state index contributed by atoms with van der Waals surface area (Å²) in [5.74, 6) is -2.63. The molecule has 3 aromatic rings. The van der Waals surface area contributed by atoms with Gasteiger partial charge in [0, 0.05) is 28.8 Å². The Bertz CT molecular complexity index is 1630. The number of allylic oxidation sites excluding steroid dienone is 2. The van der Waals surface area contributed by atoms with Gasteiger partial charge in [0.15, 0.2) is 0 Å². The van der Waals surface area contributed by atoms with Gasteiger partial charge in [-0.1, -0.05) is 17.4 Å². The maximum Gasteiger partial charge on any atom is 0.392 e. The van der Waals surface area contributed by atoms with E-state index < -0.39 is 42.1 Å². The lowest BCUT2D eigenvalue weighted by Crippen LogP contribution is -2.39. The first-order chi connectivity index (χ1) is 19.4. The van der Waals surface area contributed by atoms with E-state index >= 15 is 0 Å². The van der Waals surface area contributed by atoms with E-state index in [9.17, 15) is 31.5 Å². The van der Waals surface area contributed by atoms with Crippen LogP contribution in [0.2, 0.25) is 0 Å². The minimum absolute atomic E-state index is 0.0171. The molecule has 3 aromatic heterocycles. The number of aryl methyl sites for hydroxylation is 1. The van der Waals surface area contributed by atoms with Crippen LogP contribution < -0.4 is 20.9 Å². The number of dihydropyridines is 1. The Hall–Kier alpha value is -4.14. The van der Waals surface area contributed by atoms with Crippen molar-refractivity contribution in [2.75, 3.05) is 12.4 Å². The average Bonchev–Trinajstić information content (AvgIpc) is 3.62. The summed E-state index contributed by atoms with van der Waals surface area (Å²) in [6.45, 7) is 3.27. The number of hydrogen-bond acceptors (Lipinski definition) is 8. The molecular formula is C26H23F5N6O3S. The average molecular weight is 595 g/mol. The number of nitrogens with one attached hydrogen (secondary N) is 2. The normalized spacial score (nSPS) is 20.5. The predicted octanol–water partition coefficient (Wildman–Crippen LogP) is 4.90. The highest BCUT2D eigenvalue weighted by Crippen LogP contribution is 2.56. The molecule has 3 atom stereocenters. The molecule has 1 aliphatic heterocycles. The Morgan fingerprint density at radius 2 is 2.05 bits per heavy atom. The highest BCUT2D eigenvalue weighted by atomic mass is 32.1. The minimum Gasteiger partial charge on any atom is -0.494 e. The van der Waals surface area contributed by atoms with Crippen molar-refractivity contribution in [2.45, 2.75) is 44.8 Å². The zero-order valence-corrected chi connectivity index (χ0v) is 22.6. The largest absolute Gasteiger partial charge is 0.494 e. The number of aromatic nitrogens is 4. The fourth-order valence-corrected chi connectivity index (χ4v) is 5.55. The minimum atomic E-state index is -4.34. The van der Waals surface area contributed by atoms with E-state index in [4.69, 9.17) is 4.74 Å². The smallest absolute Gasteiger partial charge is 0.392 e. The molecule has 9 nitrogen and oxygen atoms in total. The number of ether oxygens (including phenoxy) is 1. The second kappa shape index (κ2) is 10.7. The lowest BCUT2D eigenvalue weighted by Gasteiger charge is -2.28. The quantitative estimate of drug-likeness (QED) is 0.375. The van der Waals surface area contributed by atoms with Crippen LogP contribution >= 0.6 is 11.3 Å². The lowest BCUT2D eigenvalue weighted by molar-refractivity contribution is -0.148. The molecule has 0 aromatic carbocycles. The van der Waals surface area contributed by atoms with Gasteiger partial charge in [-0.05, 0) is 44.1 Å². The van der Waals surface area contributed by atoms with Crippen molar-refractivity contribution in [3.8, 4) is 5.75 Å². The molecule has 2 aliphatic rings. The summed E-state index contributed by atoms with van der Waals surface area (Å²) >= 11 is 0.837.